The summed E-state index contributed by atoms with van der Waals surface area (Å²) in [6, 6.07) is 3.53. The van der Waals surface area contributed by atoms with Gasteiger partial charge >= 0.3 is 0 Å². The third-order valence-corrected chi connectivity index (χ3v) is 2.81. The van der Waals surface area contributed by atoms with Crippen LogP contribution in [0.1, 0.15) is 25.0 Å². The Morgan fingerprint density at radius 2 is 2.07 bits per heavy atom. The van der Waals surface area contributed by atoms with Crippen molar-refractivity contribution < 1.29 is 9.90 Å². The molecule has 0 aliphatic carbocycles. The van der Waals surface area contributed by atoms with Crippen LogP contribution in [0, 0.1) is 0 Å². The van der Waals surface area contributed by atoms with E-state index >= 15 is 0 Å². The molecular formula is C11H13BrO2. The highest BCUT2D eigenvalue weighted by atomic mass is 79.9. The number of rotatable bonds is 3. The summed E-state index contributed by atoms with van der Waals surface area (Å²) in [6.07, 6.45) is 1.14. The predicted octanol–water partition coefficient (Wildman–Crippen LogP) is 2.85. The fourth-order valence-corrected chi connectivity index (χ4v) is 2.00. The molecule has 0 fully saturated rings. The smallest absolute Gasteiger partial charge is 0.134 e. The maximum absolute atomic E-state index is 10.9. The molecule has 0 heterocycles. The second kappa shape index (κ2) is 4.60. The molecule has 1 rings (SSSR count). The van der Waals surface area contributed by atoms with Gasteiger partial charge in [0.05, 0.1) is 0 Å². The largest absolute Gasteiger partial charge is 0.508 e. The van der Waals surface area contributed by atoms with E-state index in [2.05, 4.69) is 15.9 Å². The molecule has 0 aliphatic rings. The summed E-state index contributed by atoms with van der Waals surface area (Å²) < 4.78 is 0.953. The van der Waals surface area contributed by atoms with Crippen LogP contribution in [0.15, 0.2) is 16.6 Å². The van der Waals surface area contributed by atoms with Gasteiger partial charge in [-0.25, -0.2) is 0 Å². The van der Waals surface area contributed by atoms with Crippen molar-refractivity contribution in [1.29, 1.82) is 0 Å². The fourth-order valence-electron chi connectivity index (χ4n) is 1.33. The molecule has 0 saturated heterocycles. The Hall–Kier alpha value is -0.830. The summed E-state index contributed by atoms with van der Waals surface area (Å²) in [7, 11) is 0. The first-order chi connectivity index (χ1) is 6.54. The molecule has 0 amide bonds. The van der Waals surface area contributed by atoms with Crippen LogP contribution in [0.25, 0.3) is 0 Å². The van der Waals surface area contributed by atoms with E-state index in [9.17, 15) is 9.90 Å². The van der Waals surface area contributed by atoms with E-state index < -0.39 is 0 Å². The lowest BCUT2D eigenvalue weighted by atomic mass is 10.0. The van der Waals surface area contributed by atoms with Crippen molar-refractivity contribution in [2.45, 2.75) is 26.7 Å². The number of phenolic OH excluding ortho intramolecular Hbond substituents is 1. The maximum atomic E-state index is 10.9. The lowest BCUT2D eigenvalue weighted by Gasteiger charge is -2.07. The molecule has 3 heteroatoms. The molecule has 0 bridgehead atoms. The molecule has 76 valence electrons. The summed E-state index contributed by atoms with van der Waals surface area (Å²) in [5.41, 5.74) is 1.73. The third kappa shape index (κ3) is 2.58. The summed E-state index contributed by atoms with van der Waals surface area (Å²) >= 11 is 3.41. The van der Waals surface area contributed by atoms with E-state index in [0.717, 1.165) is 16.5 Å². The summed E-state index contributed by atoms with van der Waals surface area (Å²) in [6.45, 7) is 3.53. The molecule has 14 heavy (non-hydrogen) atoms. The Labute approximate surface area is 92.1 Å². The molecule has 0 aromatic heterocycles. The first-order valence-electron chi connectivity index (χ1n) is 4.54. The van der Waals surface area contributed by atoms with E-state index in [1.807, 2.05) is 13.0 Å². The van der Waals surface area contributed by atoms with Crippen LogP contribution in [0.4, 0.5) is 0 Å². The quantitative estimate of drug-likeness (QED) is 0.903. The number of halogens is 1. The Morgan fingerprint density at radius 1 is 1.43 bits per heavy atom. The highest BCUT2D eigenvalue weighted by Crippen LogP contribution is 2.27. The van der Waals surface area contributed by atoms with E-state index in [-0.39, 0.29) is 18.0 Å². The first kappa shape index (κ1) is 11.2. The Morgan fingerprint density at radius 3 is 2.57 bits per heavy atom. The summed E-state index contributed by atoms with van der Waals surface area (Å²) in [4.78, 5) is 10.9. The number of benzene rings is 1. The van der Waals surface area contributed by atoms with Crippen molar-refractivity contribution in [3.63, 3.8) is 0 Å². The molecule has 1 aromatic rings. The van der Waals surface area contributed by atoms with Crippen molar-refractivity contribution in [1.82, 2.24) is 0 Å². The van der Waals surface area contributed by atoms with E-state index in [0.29, 0.717) is 5.56 Å². The molecule has 0 unspecified atom stereocenters. The average molecular weight is 257 g/mol. The molecule has 0 spiro atoms. The summed E-state index contributed by atoms with van der Waals surface area (Å²) in [5.74, 6) is 0.261. The standard InChI is InChI=1S/C11H13BrO2/c1-3-8-6-11(14)9(4-7(2)13)5-10(8)12/h5-6,14H,3-4H2,1-2H3. The lowest BCUT2D eigenvalue weighted by molar-refractivity contribution is -0.116. The molecule has 0 aliphatic heterocycles. The molecule has 0 radical (unpaired) electrons. The molecule has 1 aromatic carbocycles. The molecule has 2 nitrogen and oxygen atoms in total. The third-order valence-electron chi connectivity index (χ3n) is 2.07. The van der Waals surface area contributed by atoms with Crippen molar-refractivity contribution in [3.05, 3.63) is 27.7 Å². The number of carbonyl (C=O) groups excluding carboxylic acids is 1. The summed E-state index contributed by atoms with van der Waals surface area (Å²) in [5, 5.41) is 9.62. The van der Waals surface area contributed by atoms with Crippen molar-refractivity contribution in [3.8, 4) is 5.75 Å². The molecular weight excluding hydrogens is 244 g/mol. The Bertz CT molecular complexity index is 359. The first-order valence-corrected chi connectivity index (χ1v) is 5.33. The number of aromatic hydroxyl groups is 1. The molecule has 0 atom stereocenters. The minimum Gasteiger partial charge on any atom is -0.508 e. The second-order valence-corrected chi connectivity index (χ2v) is 4.16. The van der Waals surface area contributed by atoms with Crippen molar-refractivity contribution in [2.24, 2.45) is 0 Å². The van der Waals surface area contributed by atoms with Gasteiger partial charge < -0.3 is 5.11 Å². The Kier molecular flexibility index (Phi) is 3.69. The monoisotopic (exact) mass is 256 g/mol. The van der Waals surface area contributed by atoms with Gasteiger partial charge in [0.25, 0.3) is 0 Å². The minimum absolute atomic E-state index is 0.0523. The van der Waals surface area contributed by atoms with Crippen LogP contribution in [0.5, 0.6) is 5.75 Å². The van der Waals surface area contributed by atoms with Gasteiger partial charge in [-0.05, 0) is 31.0 Å². The number of aryl methyl sites for hydroxylation is 1. The lowest BCUT2D eigenvalue weighted by Crippen LogP contribution is -1.97. The minimum atomic E-state index is 0.0523. The second-order valence-electron chi connectivity index (χ2n) is 3.30. The Balaban J connectivity index is 3.08. The van der Waals surface area contributed by atoms with Crippen LogP contribution < -0.4 is 0 Å². The van der Waals surface area contributed by atoms with Gasteiger partial charge in [-0.1, -0.05) is 22.9 Å². The zero-order chi connectivity index (χ0) is 10.7. The van der Waals surface area contributed by atoms with Crippen molar-refractivity contribution in [2.75, 3.05) is 0 Å². The average Bonchev–Trinajstić information content (AvgIpc) is 2.10. The van der Waals surface area contributed by atoms with Crippen LogP contribution in [0.2, 0.25) is 0 Å². The maximum Gasteiger partial charge on any atom is 0.134 e. The highest BCUT2D eigenvalue weighted by molar-refractivity contribution is 9.10. The van der Waals surface area contributed by atoms with Crippen LogP contribution in [-0.4, -0.2) is 10.9 Å². The number of Topliss-reactive ketones (excluding diaryl/α,β-unsaturated/α-hetero) is 1. The van der Waals surface area contributed by atoms with Gasteiger partial charge in [0.1, 0.15) is 11.5 Å². The van der Waals surface area contributed by atoms with Crippen molar-refractivity contribution >= 4 is 21.7 Å². The van der Waals surface area contributed by atoms with E-state index in [1.54, 1.807) is 6.07 Å². The topological polar surface area (TPSA) is 37.3 Å². The number of ketones is 1. The van der Waals surface area contributed by atoms with Crippen LogP contribution >= 0.6 is 15.9 Å². The van der Waals surface area contributed by atoms with E-state index in [1.165, 1.54) is 6.92 Å². The molecule has 1 N–H and O–H groups in total. The van der Waals surface area contributed by atoms with Gasteiger partial charge in [-0.2, -0.15) is 0 Å². The van der Waals surface area contributed by atoms with Crippen LogP contribution in [-0.2, 0) is 17.6 Å². The zero-order valence-corrected chi connectivity index (χ0v) is 9.89. The fraction of sp³-hybridized carbons (Fsp3) is 0.364. The number of hydrogen-bond acceptors (Lipinski definition) is 2. The van der Waals surface area contributed by atoms with Gasteiger partial charge in [0.2, 0.25) is 0 Å². The van der Waals surface area contributed by atoms with E-state index in [4.69, 9.17) is 0 Å². The number of phenols is 1. The van der Waals surface area contributed by atoms with Gasteiger partial charge in [0, 0.05) is 16.5 Å². The predicted molar refractivity (Wildman–Crippen MR) is 59.6 cm³/mol. The van der Waals surface area contributed by atoms with Gasteiger partial charge in [0.15, 0.2) is 0 Å². The SMILES string of the molecule is CCc1cc(O)c(CC(C)=O)cc1Br. The van der Waals surface area contributed by atoms with Gasteiger partial charge in [-0.3, -0.25) is 4.79 Å². The zero-order valence-electron chi connectivity index (χ0n) is 8.30. The molecule has 0 saturated carbocycles. The van der Waals surface area contributed by atoms with Gasteiger partial charge in [-0.15, -0.1) is 0 Å². The number of hydrogen-bond donors (Lipinski definition) is 1. The highest BCUT2D eigenvalue weighted by Gasteiger charge is 2.08. The number of carbonyl (C=O) groups is 1. The normalized spacial score (nSPS) is 10.2. The van der Waals surface area contributed by atoms with Crippen LogP contribution in [0.3, 0.4) is 0 Å².